The second-order valence-corrected chi connectivity index (χ2v) is 5.27. The Hall–Kier alpha value is -2.88. The zero-order chi connectivity index (χ0) is 15.5. The fraction of sp³-hybridized carbons (Fsp3) is 0.111. The van der Waals surface area contributed by atoms with Crippen LogP contribution in [0.2, 0.25) is 0 Å². The minimum atomic E-state index is 0.176. The van der Waals surface area contributed by atoms with E-state index in [4.69, 9.17) is 0 Å². The molecular formula is C18H17N3O. The highest BCUT2D eigenvalue weighted by atomic mass is 16.3. The van der Waals surface area contributed by atoms with Crippen LogP contribution in [0.25, 0.3) is 10.9 Å². The number of anilines is 1. The van der Waals surface area contributed by atoms with Gasteiger partial charge in [-0.05, 0) is 37.6 Å². The van der Waals surface area contributed by atoms with E-state index >= 15 is 0 Å². The van der Waals surface area contributed by atoms with Gasteiger partial charge in [0, 0.05) is 5.39 Å². The summed E-state index contributed by atoms with van der Waals surface area (Å²) < 4.78 is 0. The van der Waals surface area contributed by atoms with Gasteiger partial charge < -0.3 is 5.11 Å². The molecule has 4 nitrogen and oxygen atoms in total. The van der Waals surface area contributed by atoms with E-state index in [2.05, 4.69) is 28.5 Å². The molecule has 1 heterocycles. The summed E-state index contributed by atoms with van der Waals surface area (Å²) in [6, 6.07) is 15.3. The van der Waals surface area contributed by atoms with E-state index in [9.17, 15) is 5.11 Å². The van der Waals surface area contributed by atoms with Crippen molar-refractivity contribution >= 4 is 22.8 Å². The van der Waals surface area contributed by atoms with Crippen molar-refractivity contribution in [1.29, 1.82) is 0 Å². The number of fused-ring (bicyclic) bond motifs is 1. The van der Waals surface area contributed by atoms with Crippen LogP contribution in [0.5, 0.6) is 5.75 Å². The zero-order valence-corrected chi connectivity index (χ0v) is 12.5. The Kier molecular flexibility index (Phi) is 3.74. The maximum Gasteiger partial charge on any atom is 0.141 e. The first-order valence-corrected chi connectivity index (χ1v) is 7.08. The number of pyridine rings is 1. The number of hydrazone groups is 1. The summed E-state index contributed by atoms with van der Waals surface area (Å²) in [7, 11) is 0. The Labute approximate surface area is 129 Å². The van der Waals surface area contributed by atoms with Crippen molar-refractivity contribution < 1.29 is 5.11 Å². The van der Waals surface area contributed by atoms with Gasteiger partial charge in [0.25, 0.3) is 0 Å². The summed E-state index contributed by atoms with van der Waals surface area (Å²) in [6.45, 7) is 4.10. The van der Waals surface area contributed by atoms with Crippen molar-refractivity contribution in [2.45, 2.75) is 13.8 Å². The average molecular weight is 291 g/mol. The fourth-order valence-corrected chi connectivity index (χ4v) is 2.33. The standard InChI is InChI=1S/C18H17N3O/c1-12-6-9-16(13(2)10-12)21-19-11-15-8-7-14-4-3-5-17(22)18(14)20-15/h3-11,21-22H,1-2H3/b19-11+. The van der Waals surface area contributed by atoms with E-state index in [-0.39, 0.29) is 5.75 Å². The van der Waals surface area contributed by atoms with Crippen LogP contribution in [-0.4, -0.2) is 16.3 Å². The minimum absolute atomic E-state index is 0.176. The summed E-state index contributed by atoms with van der Waals surface area (Å²) in [5.74, 6) is 0.176. The molecule has 3 aromatic rings. The van der Waals surface area contributed by atoms with Gasteiger partial charge in [0.15, 0.2) is 0 Å². The van der Waals surface area contributed by atoms with Gasteiger partial charge in [-0.2, -0.15) is 5.10 Å². The van der Waals surface area contributed by atoms with E-state index in [1.807, 2.05) is 37.3 Å². The number of hydrogen-bond acceptors (Lipinski definition) is 4. The molecule has 0 amide bonds. The van der Waals surface area contributed by atoms with Crippen molar-refractivity contribution in [2.24, 2.45) is 5.10 Å². The van der Waals surface area contributed by atoms with Crippen LogP contribution in [0.3, 0.4) is 0 Å². The van der Waals surface area contributed by atoms with E-state index in [1.165, 1.54) is 5.56 Å². The molecule has 0 atom stereocenters. The molecule has 0 saturated heterocycles. The number of aryl methyl sites for hydroxylation is 2. The molecule has 0 saturated carbocycles. The molecule has 0 aliphatic heterocycles. The average Bonchev–Trinajstić information content (AvgIpc) is 2.50. The Bertz CT molecular complexity index is 856. The molecule has 3 rings (SSSR count). The zero-order valence-electron chi connectivity index (χ0n) is 12.5. The maximum absolute atomic E-state index is 9.84. The molecule has 0 aliphatic carbocycles. The normalized spacial score (nSPS) is 11.2. The molecule has 2 aromatic carbocycles. The van der Waals surface area contributed by atoms with Gasteiger partial charge in [0.1, 0.15) is 11.3 Å². The van der Waals surface area contributed by atoms with Gasteiger partial charge in [0.05, 0.1) is 17.6 Å². The number of aromatic nitrogens is 1. The van der Waals surface area contributed by atoms with E-state index < -0.39 is 0 Å². The van der Waals surface area contributed by atoms with E-state index in [0.717, 1.165) is 16.6 Å². The Morgan fingerprint density at radius 3 is 2.77 bits per heavy atom. The number of rotatable bonds is 3. The van der Waals surface area contributed by atoms with Gasteiger partial charge in [-0.3, -0.25) is 5.43 Å². The predicted octanol–water partition coefficient (Wildman–Crippen LogP) is 4.00. The molecular weight excluding hydrogens is 274 g/mol. The number of phenols is 1. The number of nitrogens with one attached hydrogen (secondary N) is 1. The third kappa shape index (κ3) is 2.91. The molecule has 0 unspecified atom stereocenters. The second-order valence-electron chi connectivity index (χ2n) is 5.27. The number of benzene rings is 2. The molecule has 0 aliphatic rings. The lowest BCUT2D eigenvalue weighted by atomic mass is 10.1. The molecule has 110 valence electrons. The molecule has 22 heavy (non-hydrogen) atoms. The molecule has 2 N–H and O–H groups in total. The quantitative estimate of drug-likeness (QED) is 0.566. The fourth-order valence-electron chi connectivity index (χ4n) is 2.33. The molecule has 0 fully saturated rings. The first-order valence-electron chi connectivity index (χ1n) is 7.08. The summed E-state index contributed by atoms with van der Waals surface area (Å²) >= 11 is 0. The van der Waals surface area contributed by atoms with Crippen LogP contribution >= 0.6 is 0 Å². The van der Waals surface area contributed by atoms with Crippen LogP contribution in [-0.2, 0) is 0 Å². The molecule has 4 heteroatoms. The van der Waals surface area contributed by atoms with Crippen molar-refractivity contribution in [3.05, 3.63) is 65.4 Å². The third-order valence-electron chi connectivity index (χ3n) is 3.48. The summed E-state index contributed by atoms with van der Waals surface area (Å²) in [6.07, 6.45) is 1.64. The van der Waals surface area contributed by atoms with Crippen LogP contribution in [0.15, 0.2) is 53.6 Å². The summed E-state index contributed by atoms with van der Waals surface area (Å²) in [5, 5.41) is 15.0. The maximum atomic E-state index is 9.84. The monoisotopic (exact) mass is 291 g/mol. The number of hydrogen-bond donors (Lipinski definition) is 2. The number of aromatic hydroxyl groups is 1. The highest BCUT2D eigenvalue weighted by Gasteiger charge is 2.01. The van der Waals surface area contributed by atoms with Gasteiger partial charge in [-0.1, -0.05) is 35.9 Å². The highest BCUT2D eigenvalue weighted by Crippen LogP contribution is 2.22. The lowest BCUT2D eigenvalue weighted by Crippen LogP contribution is -1.95. The SMILES string of the molecule is Cc1ccc(N/N=C/c2ccc3cccc(O)c3n2)c(C)c1. The molecule has 1 aromatic heterocycles. The van der Waals surface area contributed by atoms with Gasteiger partial charge in [-0.15, -0.1) is 0 Å². The van der Waals surface area contributed by atoms with Crippen molar-refractivity contribution in [3.8, 4) is 5.75 Å². The van der Waals surface area contributed by atoms with E-state index in [0.29, 0.717) is 11.2 Å². The smallest absolute Gasteiger partial charge is 0.141 e. The largest absolute Gasteiger partial charge is 0.506 e. The summed E-state index contributed by atoms with van der Waals surface area (Å²) in [5.41, 5.74) is 7.61. The van der Waals surface area contributed by atoms with E-state index in [1.54, 1.807) is 18.3 Å². The Morgan fingerprint density at radius 1 is 1.09 bits per heavy atom. The molecule has 0 radical (unpaired) electrons. The number of nitrogens with zero attached hydrogens (tertiary/aromatic N) is 2. The number of phenolic OH excluding ortho intramolecular Hbond substituents is 1. The van der Waals surface area contributed by atoms with Crippen LogP contribution < -0.4 is 5.43 Å². The van der Waals surface area contributed by atoms with Crippen molar-refractivity contribution in [2.75, 3.05) is 5.43 Å². The predicted molar refractivity (Wildman–Crippen MR) is 90.5 cm³/mol. The first-order chi connectivity index (χ1) is 10.6. The second kappa shape index (κ2) is 5.85. The Morgan fingerprint density at radius 2 is 1.95 bits per heavy atom. The van der Waals surface area contributed by atoms with Gasteiger partial charge in [0.2, 0.25) is 0 Å². The topological polar surface area (TPSA) is 57.5 Å². The summed E-state index contributed by atoms with van der Waals surface area (Å²) in [4.78, 5) is 4.40. The van der Waals surface area contributed by atoms with Crippen molar-refractivity contribution in [3.63, 3.8) is 0 Å². The minimum Gasteiger partial charge on any atom is -0.506 e. The number of para-hydroxylation sites is 1. The molecule has 0 bridgehead atoms. The lowest BCUT2D eigenvalue weighted by molar-refractivity contribution is 0.480. The van der Waals surface area contributed by atoms with Gasteiger partial charge in [-0.25, -0.2) is 4.98 Å². The Balaban J connectivity index is 1.82. The first kappa shape index (κ1) is 14.1. The van der Waals surface area contributed by atoms with Gasteiger partial charge >= 0.3 is 0 Å². The van der Waals surface area contributed by atoms with Crippen LogP contribution in [0.4, 0.5) is 5.69 Å². The van der Waals surface area contributed by atoms with Crippen LogP contribution in [0.1, 0.15) is 16.8 Å². The van der Waals surface area contributed by atoms with Crippen LogP contribution in [0, 0.1) is 13.8 Å². The molecule has 0 spiro atoms. The van der Waals surface area contributed by atoms with Crippen molar-refractivity contribution in [1.82, 2.24) is 4.98 Å². The lowest BCUT2D eigenvalue weighted by Gasteiger charge is -2.05. The highest BCUT2D eigenvalue weighted by molar-refractivity contribution is 5.88. The third-order valence-corrected chi connectivity index (χ3v) is 3.48.